The molecule has 174 valence electrons. The van der Waals surface area contributed by atoms with Crippen LogP contribution in [0.2, 0.25) is 0 Å². The number of fused-ring (bicyclic) bond motifs is 1. The third kappa shape index (κ3) is 3.10. The molecule has 0 saturated carbocycles. The average molecular weight is 470 g/mol. The molecule has 2 aliphatic rings. The Kier molecular flexibility index (Phi) is 5.68. The Labute approximate surface area is 207 Å². The second-order valence-electron chi connectivity index (χ2n) is 9.64. The fourth-order valence-electron chi connectivity index (χ4n) is 5.64. The van der Waals surface area contributed by atoms with E-state index in [0.717, 1.165) is 36.4 Å². The Hall–Kier alpha value is -3.18. The SMILES string of the molecule is CCCCN1c2ccccc2N(Cc2ccccc2)C12C(=S)N(c1ccccc1)C(=O)C2(C)C. The standard InChI is InChI=1S/C29H31N3OS/c1-4-5-20-30-24-18-12-13-19-25(24)31(21-22-14-8-6-9-15-22)29(30)27(34)32(26(33)28(29,2)3)23-16-10-7-11-17-23/h6-19H,4-5,20-21H2,1-3H3. The first-order chi connectivity index (χ1) is 16.4. The number of unbranched alkanes of at least 4 members (excludes halogenated alkanes) is 1. The van der Waals surface area contributed by atoms with Crippen LogP contribution in [0, 0.1) is 5.41 Å². The highest BCUT2D eigenvalue weighted by atomic mass is 32.1. The summed E-state index contributed by atoms with van der Waals surface area (Å²) < 4.78 is 0. The lowest BCUT2D eigenvalue weighted by molar-refractivity contribution is -0.125. The zero-order valence-corrected chi connectivity index (χ0v) is 20.9. The van der Waals surface area contributed by atoms with E-state index in [4.69, 9.17) is 12.2 Å². The number of rotatable bonds is 6. The van der Waals surface area contributed by atoms with Crippen molar-refractivity contribution < 1.29 is 4.79 Å². The minimum Gasteiger partial charge on any atom is -0.340 e. The molecule has 1 saturated heterocycles. The average Bonchev–Trinajstić information content (AvgIpc) is 3.22. The number of hydrogen-bond acceptors (Lipinski definition) is 4. The van der Waals surface area contributed by atoms with Gasteiger partial charge in [0.15, 0.2) is 5.66 Å². The van der Waals surface area contributed by atoms with Gasteiger partial charge >= 0.3 is 0 Å². The zero-order chi connectivity index (χ0) is 23.9. The molecule has 2 aliphatic heterocycles. The van der Waals surface area contributed by atoms with E-state index in [-0.39, 0.29) is 5.91 Å². The number of anilines is 3. The van der Waals surface area contributed by atoms with Crippen molar-refractivity contribution in [1.29, 1.82) is 0 Å². The summed E-state index contributed by atoms with van der Waals surface area (Å²) in [4.78, 5) is 21.4. The van der Waals surface area contributed by atoms with Crippen LogP contribution in [-0.4, -0.2) is 23.1 Å². The maximum Gasteiger partial charge on any atom is 0.242 e. The molecule has 34 heavy (non-hydrogen) atoms. The normalized spacial score (nSPS) is 21.0. The number of hydrogen-bond donors (Lipinski definition) is 0. The highest BCUT2D eigenvalue weighted by Crippen LogP contribution is 2.58. The number of carbonyl (C=O) groups is 1. The van der Waals surface area contributed by atoms with Gasteiger partial charge in [-0.25, -0.2) is 0 Å². The van der Waals surface area contributed by atoms with E-state index in [2.05, 4.69) is 79.1 Å². The molecule has 1 unspecified atom stereocenters. The topological polar surface area (TPSA) is 26.8 Å². The molecule has 5 heteroatoms. The van der Waals surface area contributed by atoms with Gasteiger partial charge in [0.2, 0.25) is 5.91 Å². The van der Waals surface area contributed by atoms with Gasteiger partial charge in [-0.05, 0) is 50.1 Å². The largest absolute Gasteiger partial charge is 0.340 e. The van der Waals surface area contributed by atoms with Crippen LogP contribution in [0.4, 0.5) is 17.1 Å². The van der Waals surface area contributed by atoms with Gasteiger partial charge in [-0.1, -0.05) is 86.2 Å². The van der Waals surface area contributed by atoms with Crippen LogP contribution in [0.3, 0.4) is 0 Å². The molecule has 0 N–H and O–H groups in total. The van der Waals surface area contributed by atoms with Gasteiger partial charge in [-0.3, -0.25) is 9.69 Å². The number of thiocarbonyl (C=S) groups is 1. The summed E-state index contributed by atoms with van der Waals surface area (Å²) in [5.41, 5.74) is 2.73. The highest BCUT2D eigenvalue weighted by molar-refractivity contribution is 7.81. The van der Waals surface area contributed by atoms with E-state index in [0.29, 0.717) is 11.5 Å². The Balaban J connectivity index is 1.75. The smallest absolute Gasteiger partial charge is 0.242 e. The van der Waals surface area contributed by atoms with Gasteiger partial charge in [0.1, 0.15) is 4.99 Å². The van der Waals surface area contributed by atoms with Gasteiger partial charge in [-0.15, -0.1) is 0 Å². The van der Waals surface area contributed by atoms with Crippen LogP contribution in [0.15, 0.2) is 84.9 Å². The molecule has 0 radical (unpaired) electrons. The van der Waals surface area contributed by atoms with Gasteiger partial charge in [-0.2, -0.15) is 0 Å². The highest BCUT2D eigenvalue weighted by Gasteiger charge is 2.70. The van der Waals surface area contributed by atoms with Gasteiger partial charge in [0.05, 0.1) is 16.8 Å². The summed E-state index contributed by atoms with van der Waals surface area (Å²) >= 11 is 6.31. The monoisotopic (exact) mass is 469 g/mol. The van der Waals surface area contributed by atoms with Gasteiger partial charge in [0.25, 0.3) is 0 Å². The number of carbonyl (C=O) groups excluding carboxylic acids is 1. The number of amides is 1. The summed E-state index contributed by atoms with van der Waals surface area (Å²) in [5, 5.41) is 0. The summed E-state index contributed by atoms with van der Waals surface area (Å²) in [6, 6.07) is 28.8. The molecule has 1 amide bonds. The minimum atomic E-state index is -0.788. The molecule has 0 bridgehead atoms. The van der Waals surface area contributed by atoms with E-state index in [9.17, 15) is 4.79 Å². The first-order valence-corrected chi connectivity index (χ1v) is 12.5. The van der Waals surface area contributed by atoms with Gasteiger partial charge < -0.3 is 9.80 Å². The second-order valence-corrected chi connectivity index (χ2v) is 10.0. The minimum absolute atomic E-state index is 0.0380. The molecule has 0 aromatic heterocycles. The lowest BCUT2D eigenvalue weighted by atomic mass is 9.78. The second kappa shape index (κ2) is 8.55. The maximum atomic E-state index is 14.2. The molecule has 0 aliphatic carbocycles. The van der Waals surface area contributed by atoms with Crippen LogP contribution in [0.1, 0.15) is 39.2 Å². The van der Waals surface area contributed by atoms with Crippen molar-refractivity contribution in [3.05, 3.63) is 90.5 Å². The third-order valence-electron chi connectivity index (χ3n) is 7.29. The number of benzene rings is 3. The first kappa shape index (κ1) is 22.6. The van der Waals surface area contributed by atoms with E-state index in [1.165, 1.54) is 5.56 Å². The molecule has 3 aromatic rings. The van der Waals surface area contributed by atoms with Crippen LogP contribution in [0.25, 0.3) is 0 Å². The van der Waals surface area contributed by atoms with Crippen LogP contribution in [0.5, 0.6) is 0 Å². The molecule has 1 atom stereocenters. The predicted molar refractivity (Wildman–Crippen MR) is 144 cm³/mol. The van der Waals surface area contributed by atoms with E-state index in [1.54, 1.807) is 4.90 Å². The van der Waals surface area contributed by atoms with Crippen molar-refractivity contribution in [2.75, 3.05) is 21.2 Å². The van der Waals surface area contributed by atoms with Gasteiger partial charge in [0, 0.05) is 18.8 Å². The van der Waals surface area contributed by atoms with E-state index < -0.39 is 11.1 Å². The van der Waals surface area contributed by atoms with Crippen LogP contribution < -0.4 is 14.7 Å². The van der Waals surface area contributed by atoms with Crippen molar-refractivity contribution in [2.45, 2.75) is 45.8 Å². The Morgan fingerprint density at radius 1 is 0.794 bits per heavy atom. The number of nitrogens with zero attached hydrogens (tertiary/aromatic N) is 3. The summed E-state index contributed by atoms with van der Waals surface area (Å²) in [6.07, 6.45) is 2.09. The van der Waals surface area contributed by atoms with E-state index >= 15 is 0 Å². The Morgan fingerprint density at radius 2 is 1.35 bits per heavy atom. The van der Waals surface area contributed by atoms with E-state index in [1.807, 2.05) is 36.4 Å². The molecule has 1 spiro atoms. The maximum absolute atomic E-state index is 14.2. The Morgan fingerprint density at radius 3 is 1.97 bits per heavy atom. The van der Waals surface area contributed by atoms with Crippen molar-refractivity contribution in [2.24, 2.45) is 5.41 Å². The Bertz CT molecular complexity index is 1210. The van der Waals surface area contributed by atoms with Crippen molar-refractivity contribution >= 4 is 40.2 Å². The fourth-order valence-corrected chi connectivity index (χ4v) is 6.30. The summed E-state index contributed by atoms with van der Waals surface area (Å²) in [7, 11) is 0. The molecular weight excluding hydrogens is 438 g/mol. The molecule has 3 aromatic carbocycles. The lowest BCUT2D eigenvalue weighted by Gasteiger charge is -2.49. The lowest BCUT2D eigenvalue weighted by Crippen LogP contribution is -2.68. The zero-order valence-electron chi connectivity index (χ0n) is 20.1. The fraction of sp³-hybridized carbons (Fsp3) is 0.310. The summed E-state index contributed by atoms with van der Waals surface area (Å²) in [6.45, 7) is 7.83. The third-order valence-corrected chi connectivity index (χ3v) is 7.76. The van der Waals surface area contributed by atoms with Crippen LogP contribution >= 0.6 is 12.2 Å². The van der Waals surface area contributed by atoms with Crippen molar-refractivity contribution in [3.63, 3.8) is 0 Å². The van der Waals surface area contributed by atoms with Crippen molar-refractivity contribution in [1.82, 2.24) is 0 Å². The molecule has 5 rings (SSSR count). The first-order valence-electron chi connectivity index (χ1n) is 12.1. The number of para-hydroxylation sites is 3. The molecule has 4 nitrogen and oxygen atoms in total. The van der Waals surface area contributed by atoms with Crippen LogP contribution in [-0.2, 0) is 11.3 Å². The van der Waals surface area contributed by atoms with Crippen molar-refractivity contribution in [3.8, 4) is 0 Å². The molecule has 2 heterocycles. The molecular formula is C29H31N3OS. The summed E-state index contributed by atoms with van der Waals surface area (Å²) in [5.74, 6) is 0.0380. The predicted octanol–water partition coefficient (Wildman–Crippen LogP) is 6.41. The molecule has 1 fully saturated rings. The quantitative estimate of drug-likeness (QED) is 0.390.